The zero-order chi connectivity index (χ0) is 19.4. The minimum atomic E-state index is -0.106. The number of aromatic nitrogens is 1. The van der Waals surface area contributed by atoms with Gasteiger partial charge in [-0.1, -0.05) is 19.9 Å². The number of benzene rings is 2. The maximum atomic E-state index is 11.8. The Bertz CT molecular complexity index is 982. The molecule has 0 radical (unpaired) electrons. The number of hydrogen-bond donors (Lipinski definition) is 2. The number of nitrogens with zero attached hydrogens (tertiary/aromatic N) is 1. The van der Waals surface area contributed by atoms with Gasteiger partial charge in [-0.25, -0.2) is 4.98 Å². The molecule has 0 atom stereocenters. The molecule has 3 rings (SSSR count). The number of anilines is 1. The fourth-order valence-corrected chi connectivity index (χ4v) is 2.83. The quantitative estimate of drug-likeness (QED) is 0.638. The third kappa shape index (κ3) is 4.83. The maximum Gasteiger partial charge on any atom is 0.227 e. The van der Waals surface area contributed by atoms with Gasteiger partial charge in [0.2, 0.25) is 11.8 Å². The predicted molar refractivity (Wildman–Crippen MR) is 110 cm³/mol. The number of thiocarbonyl (C=S) groups is 1. The molecule has 2 aromatic carbocycles. The molecule has 0 fully saturated rings. The van der Waals surface area contributed by atoms with Crippen molar-refractivity contribution < 1.29 is 13.9 Å². The third-order valence-corrected chi connectivity index (χ3v) is 4.01. The molecule has 140 valence electrons. The minimum absolute atomic E-state index is 0.106. The van der Waals surface area contributed by atoms with Crippen LogP contribution in [0.4, 0.5) is 5.69 Å². The van der Waals surface area contributed by atoms with Gasteiger partial charge in [-0.05, 0) is 54.5 Å². The van der Waals surface area contributed by atoms with Crippen molar-refractivity contribution in [3.8, 4) is 17.2 Å². The highest BCUT2D eigenvalue weighted by molar-refractivity contribution is 7.80. The molecule has 1 heterocycles. The standard InChI is InChI=1S/C20H21N3O3S/c1-12(2)9-18(24)23-20(27)21-14-7-8-17-16(11-14)22-19(26-17)13-5-4-6-15(10-13)25-3/h4-8,10-12H,9H2,1-3H3,(H2,21,23,24,27). The van der Waals surface area contributed by atoms with E-state index in [4.69, 9.17) is 21.4 Å². The van der Waals surface area contributed by atoms with Gasteiger partial charge in [-0.15, -0.1) is 0 Å². The lowest BCUT2D eigenvalue weighted by molar-refractivity contribution is -0.120. The van der Waals surface area contributed by atoms with Crippen molar-refractivity contribution in [2.24, 2.45) is 5.92 Å². The van der Waals surface area contributed by atoms with Gasteiger partial charge in [-0.3, -0.25) is 4.79 Å². The number of methoxy groups -OCH3 is 1. The van der Waals surface area contributed by atoms with E-state index in [1.165, 1.54) is 0 Å². The van der Waals surface area contributed by atoms with Crippen molar-refractivity contribution in [2.75, 3.05) is 12.4 Å². The molecule has 1 aromatic heterocycles. The van der Waals surface area contributed by atoms with E-state index in [1.54, 1.807) is 7.11 Å². The van der Waals surface area contributed by atoms with Crippen molar-refractivity contribution in [1.29, 1.82) is 0 Å². The molecule has 1 amide bonds. The van der Waals surface area contributed by atoms with E-state index in [-0.39, 0.29) is 16.9 Å². The molecule has 0 aliphatic carbocycles. The van der Waals surface area contributed by atoms with Crippen LogP contribution < -0.4 is 15.4 Å². The Hall–Kier alpha value is -2.93. The highest BCUT2D eigenvalue weighted by Gasteiger charge is 2.11. The number of amides is 1. The van der Waals surface area contributed by atoms with Gasteiger partial charge in [0.05, 0.1) is 7.11 Å². The second kappa shape index (κ2) is 8.18. The van der Waals surface area contributed by atoms with Crippen LogP contribution in [0.2, 0.25) is 0 Å². The number of hydrogen-bond acceptors (Lipinski definition) is 5. The summed E-state index contributed by atoms with van der Waals surface area (Å²) in [5.41, 5.74) is 2.90. The molecular weight excluding hydrogens is 362 g/mol. The molecule has 3 aromatic rings. The van der Waals surface area contributed by atoms with E-state index >= 15 is 0 Å². The monoisotopic (exact) mass is 383 g/mol. The summed E-state index contributed by atoms with van der Waals surface area (Å²) in [7, 11) is 1.62. The molecule has 0 saturated heterocycles. The van der Waals surface area contributed by atoms with Crippen LogP contribution in [-0.2, 0) is 4.79 Å². The average molecular weight is 383 g/mol. The maximum absolute atomic E-state index is 11.8. The molecule has 7 heteroatoms. The smallest absolute Gasteiger partial charge is 0.227 e. The van der Waals surface area contributed by atoms with Crippen LogP contribution in [0.3, 0.4) is 0 Å². The molecule has 0 unspecified atom stereocenters. The van der Waals surface area contributed by atoms with E-state index in [0.29, 0.717) is 23.4 Å². The normalized spacial score (nSPS) is 10.8. The molecule has 27 heavy (non-hydrogen) atoms. The topological polar surface area (TPSA) is 76.4 Å². The van der Waals surface area contributed by atoms with Gasteiger partial charge in [0.1, 0.15) is 11.3 Å². The number of rotatable bonds is 5. The molecule has 0 aliphatic heterocycles. The van der Waals surface area contributed by atoms with Crippen molar-refractivity contribution in [3.05, 3.63) is 42.5 Å². The molecule has 0 spiro atoms. The summed E-state index contributed by atoms with van der Waals surface area (Å²) in [6.45, 7) is 3.96. The Balaban J connectivity index is 1.75. The van der Waals surface area contributed by atoms with Gasteiger partial charge < -0.3 is 19.8 Å². The second-order valence-electron chi connectivity index (χ2n) is 6.53. The number of carbonyl (C=O) groups excluding carboxylic acids is 1. The zero-order valence-electron chi connectivity index (χ0n) is 15.4. The van der Waals surface area contributed by atoms with Gasteiger partial charge in [-0.2, -0.15) is 0 Å². The summed E-state index contributed by atoms with van der Waals surface area (Å²) in [6, 6.07) is 13.0. The Labute approximate surface area is 162 Å². The number of carbonyl (C=O) groups is 1. The fraction of sp³-hybridized carbons (Fsp3) is 0.250. The summed E-state index contributed by atoms with van der Waals surface area (Å²) in [5, 5.41) is 5.94. The van der Waals surface area contributed by atoms with Crippen molar-refractivity contribution in [2.45, 2.75) is 20.3 Å². The lowest BCUT2D eigenvalue weighted by Crippen LogP contribution is -2.34. The first-order chi connectivity index (χ1) is 12.9. The molecule has 6 nitrogen and oxygen atoms in total. The fourth-order valence-electron chi connectivity index (χ4n) is 2.60. The molecule has 0 bridgehead atoms. The van der Waals surface area contributed by atoms with Gasteiger partial charge in [0, 0.05) is 17.7 Å². The summed E-state index contributed by atoms with van der Waals surface area (Å²) >= 11 is 5.20. The summed E-state index contributed by atoms with van der Waals surface area (Å²) in [4.78, 5) is 16.3. The van der Waals surface area contributed by atoms with E-state index in [0.717, 1.165) is 17.0 Å². The molecule has 2 N–H and O–H groups in total. The van der Waals surface area contributed by atoms with E-state index in [2.05, 4.69) is 15.6 Å². The number of oxazole rings is 1. The summed E-state index contributed by atoms with van der Waals surface area (Å²) < 4.78 is 11.1. The van der Waals surface area contributed by atoms with Crippen LogP contribution in [0.25, 0.3) is 22.6 Å². The summed E-state index contributed by atoms with van der Waals surface area (Å²) in [5.74, 6) is 1.41. The molecule has 0 aliphatic rings. The van der Waals surface area contributed by atoms with E-state index in [1.807, 2.05) is 56.3 Å². The first-order valence-electron chi connectivity index (χ1n) is 8.60. The van der Waals surface area contributed by atoms with Crippen molar-refractivity contribution >= 4 is 40.0 Å². The van der Waals surface area contributed by atoms with Crippen LogP contribution in [0.15, 0.2) is 46.9 Å². The van der Waals surface area contributed by atoms with Crippen LogP contribution in [0.1, 0.15) is 20.3 Å². The SMILES string of the molecule is COc1cccc(-c2nc3cc(NC(=S)NC(=O)CC(C)C)ccc3o2)c1. The Morgan fingerprint density at radius 1 is 1.26 bits per heavy atom. The summed E-state index contributed by atoms with van der Waals surface area (Å²) in [6.07, 6.45) is 0.425. The van der Waals surface area contributed by atoms with Crippen LogP contribution >= 0.6 is 12.2 Å². The van der Waals surface area contributed by atoms with E-state index in [9.17, 15) is 4.79 Å². The van der Waals surface area contributed by atoms with Crippen molar-refractivity contribution in [1.82, 2.24) is 10.3 Å². The van der Waals surface area contributed by atoms with Crippen molar-refractivity contribution in [3.63, 3.8) is 0 Å². The average Bonchev–Trinajstić information content (AvgIpc) is 3.04. The van der Waals surface area contributed by atoms with Crippen LogP contribution in [0.5, 0.6) is 5.75 Å². The van der Waals surface area contributed by atoms with Gasteiger partial charge in [0.25, 0.3) is 0 Å². The second-order valence-corrected chi connectivity index (χ2v) is 6.94. The first-order valence-corrected chi connectivity index (χ1v) is 9.01. The van der Waals surface area contributed by atoms with Crippen LogP contribution in [-0.4, -0.2) is 23.1 Å². The van der Waals surface area contributed by atoms with Crippen LogP contribution in [0, 0.1) is 5.92 Å². The Morgan fingerprint density at radius 3 is 2.81 bits per heavy atom. The Kier molecular flexibility index (Phi) is 5.71. The minimum Gasteiger partial charge on any atom is -0.497 e. The number of nitrogens with one attached hydrogen (secondary N) is 2. The van der Waals surface area contributed by atoms with E-state index < -0.39 is 0 Å². The number of fused-ring (bicyclic) bond motifs is 1. The number of ether oxygens (including phenoxy) is 1. The first kappa shape index (κ1) is 18.8. The predicted octanol–water partition coefficient (Wildman–Crippen LogP) is 4.36. The van der Waals surface area contributed by atoms with Gasteiger partial charge >= 0.3 is 0 Å². The highest BCUT2D eigenvalue weighted by Crippen LogP contribution is 2.28. The molecular formula is C20H21N3O3S. The zero-order valence-corrected chi connectivity index (χ0v) is 16.2. The third-order valence-electron chi connectivity index (χ3n) is 3.81. The lowest BCUT2D eigenvalue weighted by atomic mass is 10.1. The largest absolute Gasteiger partial charge is 0.497 e. The van der Waals surface area contributed by atoms with Gasteiger partial charge in [0.15, 0.2) is 10.7 Å². The highest BCUT2D eigenvalue weighted by atomic mass is 32.1. The Morgan fingerprint density at radius 2 is 2.07 bits per heavy atom. The molecule has 0 saturated carbocycles. The lowest BCUT2D eigenvalue weighted by Gasteiger charge is -2.10.